The van der Waals surface area contributed by atoms with Crippen LogP contribution in [0.2, 0.25) is 0 Å². The molecule has 0 saturated heterocycles. The first-order valence-corrected chi connectivity index (χ1v) is 8.60. The number of rotatable bonds is 6. The van der Waals surface area contributed by atoms with Gasteiger partial charge in [-0.1, -0.05) is 13.8 Å². The molecule has 1 aromatic rings. The third-order valence-corrected chi connectivity index (χ3v) is 5.39. The van der Waals surface area contributed by atoms with E-state index < -0.39 is 25.1 Å². The molecule has 19 heavy (non-hydrogen) atoms. The lowest BCUT2D eigenvalue weighted by Crippen LogP contribution is -2.31. The Kier molecular flexibility index (Phi) is 5.05. The molecule has 0 aliphatic rings. The molecule has 5 nitrogen and oxygen atoms in total. The van der Waals surface area contributed by atoms with Crippen LogP contribution in [0.4, 0.5) is 3.89 Å². The van der Waals surface area contributed by atoms with Gasteiger partial charge in [0.1, 0.15) is 0 Å². The van der Waals surface area contributed by atoms with Crippen molar-refractivity contribution in [1.29, 1.82) is 0 Å². The largest absolute Gasteiger partial charge is 0.332 e. The van der Waals surface area contributed by atoms with Crippen LogP contribution >= 0.6 is 0 Å². The maximum absolute atomic E-state index is 12.7. The second-order valence-electron chi connectivity index (χ2n) is 3.91. The maximum Gasteiger partial charge on any atom is 0.332 e. The Morgan fingerprint density at radius 2 is 1.47 bits per heavy atom. The Morgan fingerprint density at radius 3 is 1.84 bits per heavy atom. The van der Waals surface area contributed by atoms with Crippen LogP contribution in [0.3, 0.4) is 0 Å². The van der Waals surface area contributed by atoms with Gasteiger partial charge in [0.25, 0.3) is 0 Å². The predicted octanol–water partition coefficient (Wildman–Crippen LogP) is 1.77. The molecule has 0 aromatic heterocycles. The van der Waals surface area contributed by atoms with Gasteiger partial charge < -0.3 is 0 Å². The van der Waals surface area contributed by atoms with Gasteiger partial charge in [0.15, 0.2) is 0 Å². The molecule has 0 fully saturated rings. The summed E-state index contributed by atoms with van der Waals surface area (Å²) < 4.78 is 59.7. The number of nitrogens with zero attached hydrogens (tertiary/aromatic N) is 1. The van der Waals surface area contributed by atoms with Crippen LogP contribution in [0, 0.1) is 0 Å². The van der Waals surface area contributed by atoms with E-state index in [0.717, 1.165) is 24.3 Å². The summed E-state index contributed by atoms with van der Waals surface area (Å²) >= 11 is 0. The number of benzene rings is 1. The Hall–Kier alpha value is -0.990. The molecule has 8 heteroatoms. The van der Waals surface area contributed by atoms with Gasteiger partial charge in [-0.2, -0.15) is 12.7 Å². The summed E-state index contributed by atoms with van der Waals surface area (Å²) in [7, 11) is -8.47. The highest BCUT2D eigenvalue weighted by molar-refractivity contribution is 7.89. The van der Waals surface area contributed by atoms with Gasteiger partial charge in [0.2, 0.25) is 10.0 Å². The van der Waals surface area contributed by atoms with Crippen molar-refractivity contribution >= 4 is 20.2 Å². The van der Waals surface area contributed by atoms with Crippen molar-refractivity contribution < 1.29 is 20.7 Å². The summed E-state index contributed by atoms with van der Waals surface area (Å²) in [4.78, 5) is -0.597. The molecule has 0 aliphatic carbocycles. The number of sulfonamides is 1. The SMILES string of the molecule is CCCN(CC)S(=O)(=O)c1ccc(S(=O)(=O)F)cc1. The second kappa shape index (κ2) is 5.98. The van der Waals surface area contributed by atoms with Gasteiger partial charge >= 0.3 is 10.2 Å². The third-order valence-electron chi connectivity index (χ3n) is 2.57. The fourth-order valence-corrected chi connectivity index (χ4v) is 3.62. The Balaban J connectivity index is 3.16. The van der Waals surface area contributed by atoms with Crippen molar-refractivity contribution in [2.45, 2.75) is 30.1 Å². The minimum absolute atomic E-state index is 0.0461. The Labute approximate surface area is 113 Å². The highest BCUT2D eigenvalue weighted by Crippen LogP contribution is 2.19. The summed E-state index contributed by atoms with van der Waals surface area (Å²) in [6.07, 6.45) is 0.671. The molecule has 108 valence electrons. The van der Waals surface area contributed by atoms with Crippen LogP contribution in [0.25, 0.3) is 0 Å². The Morgan fingerprint density at radius 1 is 1.00 bits per heavy atom. The highest BCUT2D eigenvalue weighted by Gasteiger charge is 2.23. The first-order chi connectivity index (χ1) is 8.73. The third kappa shape index (κ3) is 3.74. The van der Waals surface area contributed by atoms with E-state index in [1.807, 2.05) is 6.92 Å². The van der Waals surface area contributed by atoms with Crippen molar-refractivity contribution in [2.24, 2.45) is 0 Å². The summed E-state index contributed by atoms with van der Waals surface area (Å²) in [5, 5.41) is 0. The van der Waals surface area contributed by atoms with Crippen molar-refractivity contribution in [3.05, 3.63) is 24.3 Å². The lowest BCUT2D eigenvalue weighted by Gasteiger charge is -2.19. The zero-order chi connectivity index (χ0) is 14.7. The first kappa shape index (κ1) is 16.1. The smallest absolute Gasteiger partial charge is 0.207 e. The monoisotopic (exact) mass is 309 g/mol. The molecule has 0 atom stereocenters. The molecule has 0 N–H and O–H groups in total. The molecular weight excluding hydrogens is 293 g/mol. The van der Waals surface area contributed by atoms with Gasteiger partial charge in [-0.25, -0.2) is 8.42 Å². The average Bonchev–Trinajstić information content (AvgIpc) is 2.34. The quantitative estimate of drug-likeness (QED) is 0.751. The van der Waals surface area contributed by atoms with Crippen LogP contribution in [0.5, 0.6) is 0 Å². The van der Waals surface area contributed by atoms with Crippen LogP contribution in [0.1, 0.15) is 20.3 Å². The van der Waals surface area contributed by atoms with Crippen LogP contribution in [-0.4, -0.2) is 34.2 Å². The van der Waals surface area contributed by atoms with Gasteiger partial charge in [-0.3, -0.25) is 0 Å². The molecule has 0 amide bonds. The molecule has 0 bridgehead atoms. The predicted molar refractivity (Wildman–Crippen MR) is 69.5 cm³/mol. The normalized spacial score (nSPS) is 12.8. The minimum Gasteiger partial charge on any atom is -0.207 e. The van der Waals surface area contributed by atoms with E-state index in [0.29, 0.717) is 19.5 Å². The van der Waals surface area contributed by atoms with Gasteiger partial charge in [-0.05, 0) is 30.7 Å². The van der Waals surface area contributed by atoms with Crippen molar-refractivity contribution in [1.82, 2.24) is 4.31 Å². The first-order valence-electron chi connectivity index (χ1n) is 5.78. The summed E-state index contributed by atoms with van der Waals surface area (Å²) in [5.41, 5.74) is 0. The summed E-state index contributed by atoms with van der Waals surface area (Å²) in [6.45, 7) is 4.27. The lowest BCUT2D eigenvalue weighted by atomic mass is 10.4. The molecule has 0 unspecified atom stereocenters. The lowest BCUT2D eigenvalue weighted by molar-refractivity contribution is 0.427. The molecule has 0 saturated carbocycles. The fraction of sp³-hybridized carbons (Fsp3) is 0.455. The van der Waals surface area contributed by atoms with Gasteiger partial charge in [-0.15, -0.1) is 3.89 Å². The van der Waals surface area contributed by atoms with E-state index in [4.69, 9.17) is 0 Å². The van der Waals surface area contributed by atoms with E-state index in [-0.39, 0.29) is 4.90 Å². The standard InChI is InChI=1S/C11H16FNO4S2/c1-3-9-13(4-2)19(16,17)11-7-5-10(6-8-11)18(12,14)15/h5-8H,3-4,9H2,1-2H3. The number of hydrogen-bond donors (Lipinski definition) is 0. The molecule has 0 radical (unpaired) electrons. The van der Waals surface area contributed by atoms with Crippen LogP contribution in [0.15, 0.2) is 34.1 Å². The molecule has 1 rings (SSSR count). The van der Waals surface area contributed by atoms with Gasteiger partial charge in [0, 0.05) is 13.1 Å². The minimum atomic E-state index is -4.81. The molecule has 0 aliphatic heterocycles. The van der Waals surface area contributed by atoms with Crippen LogP contribution < -0.4 is 0 Å². The molecule has 0 heterocycles. The van der Waals surface area contributed by atoms with E-state index in [1.165, 1.54) is 4.31 Å². The average molecular weight is 309 g/mol. The number of halogens is 1. The Bertz CT molecular complexity index is 623. The fourth-order valence-electron chi connectivity index (χ4n) is 1.62. The number of hydrogen-bond acceptors (Lipinski definition) is 4. The zero-order valence-corrected chi connectivity index (χ0v) is 12.3. The zero-order valence-electron chi connectivity index (χ0n) is 10.7. The van der Waals surface area contributed by atoms with Crippen LogP contribution in [-0.2, 0) is 20.2 Å². The van der Waals surface area contributed by atoms with E-state index >= 15 is 0 Å². The summed E-state index contributed by atoms with van der Waals surface area (Å²) in [6, 6.07) is 4.09. The van der Waals surface area contributed by atoms with E-state index in [9.17, 15) is 20.7 Å². The maximum atomic E-state index is 12.7. The van der Waals surface area contributed by atoms with Gasteiger partial charge in [0.05, 0.1) is 9.79 Å². The molecule has 0 spiro atoms. The summed E-state index contributed by atoms with van der Waals surface area (Å²) in [5.74, 6) is 0. The highest BCUT2D eigenvalue weighted by atomic mass is 32.3. The molecular formula is C11H16FNO4S2. The van der Waals surface area contributed by atoms with Crippen molar-refractivity contribution in [3.63, 3.8) is 0 Å². The van der Waals surface area contributed by atoms with E-state index in [1.54, 1.807) is 6.92 Å². The topological polar surface area (TPSA) is 71.5 Å². The van der Waals surface area contributed by atoms with E-state index in [2.05, 4.69) is 0 Å². The second-order valence-corrected chi connectivity index (χ2v) is 7.19. The molecule has 1 aromatic carbocycles. The van der Waals surface area contributed by atoms with Crippen molar-refractivity contribution in [3.8, 4) is 0 Å². The van der Waals surface area contributed by atoms with Crippen molar-refractivity contribution in [2.75, 3.05) is 13.1 Å².